The fourth-order valence-electron chi connectivity index (χ4n) is 7.88. The number of carbonyl (C=O) groups is 8. The number of carbonyl (C=O) groups excluding carboxylic acids is 8. The van der Waals surface area contributed by atoms with E-state index in [1.165, 1.54) is 77.9 Å². The third-order valence-corrected chi connectivity index (χ3v) is 9.97. The van der Waals surface area contributed by atoms with E-state index in [2.05, 4.69) is 19.9 Å². The second-order valence-electron chi connectivity index (χ2n) is 15.3. The largest absolute Gasteiger partial charge is 0.423 e. The molecule has 0 aliphatic carbocycles. The first kappa shape index (κ1) is 45.4. The van der Waals surface area contributed by atoms with Crippen molar-refractivity contribution in [1.82, 2.24) is 19.9 Å². The SMILES string of the molecule is CC(=O)Oc1cc2cc(-c3c(OC(C)=O)c(OC(C)=O)cc4[nH]c(-c5c(-c6c(OC(C)=O)c(OC(C)=O)cc7[nH]ccc67)[nH]c6cc(OC(C)=O)c(OC(C)=O)cc56)cc34)[nH]c2cc1OC(C)=O. The van der Waals surface area contributed by atoms with Crippen LogP contribution in [-0.2, 0) is 38.4 Å². The van der Waals surface area contributed by atoms with Crippen LogP contribution < -0.4 is 37.9 Å². The number of aromatic nitrogens is 4. The van der Waals surface area contributed by atoms with Gasteiger partial charge in [0.15, 0.2) is 46.0 Å². The molecule has 0 atom stereocenters. The van der Waals surface area contributed by atoms with Crippen molar-refractivity contribution in [2.45, 2.75) is 55.4 Å². The van der Waals surface area contributed by atoms with Gasteiger partial charge in [-0.1, -0.05) is 0 Å². The third-order valence-electron chi connectivity index (χ3n) is 9.97. The monoisotopic (exact) mass is 926 g/mol. The second kappa shape index (κ2) is 17.6. The lowest BCUT2D eigenvalue weighted by Crippen LogP contribution is -2.08. The summed E-state index contributed by atoms with van der Waals surface area (Å²) in [5.74, 6) is -6.87. The molecular weight excluding hydrogens is 889 g/mol. The van der Waals surface area contributed by atoms with E-state index >= 15 is 0 Å². The standard InChI is InChI=1S/C48H38N4O16/c1-19(53)61-37-12-27-11-35(50-31(27)15-39(37)63-21(3)55)44-29-13-36(51-33(29)18-42(66-24(6)58)47(44)67-25(7)59)43-30-14-38(62-20(2)54)40(64-22(4)56)17-34(30)52-46(43)45-28-9-10-49-32(28)16-41(65-23(5)57)48(45)68-26(8)60/h9-18,49-52H,1-8H3. The summed E-state index contributed by atoms with van der Waals surface area (Å²) < 4.78 is 44.7. The maximum absolute atomic E-state index is 12.8. The summed E-state index contributed by atoms with van der Waals surface area (Å²) in [6.07, 6.45) is 1.62. The van der Waals surface area contributed by atoms with Gasteiger partial charge >= 0.3 is 47.8 Å². The number of ether oxygens (including phenoxy) is 8. The van der Waals surface area contributed by atoms with E-state index in [1.807, 2.05) is 0 Å². The molecular formula is C48H38N4O16. The number of aromatic amines is 4. The maximum atomic E-state index is 12.8. The predicted octanol–water partition coefficient (Wildman–Crippen LogP) is 8.02. The molecule has 0 radical (unpaired) electrons. The van der Waals surface area contributed by atoms with Crippen LogP contribution in [0.2, 0.25) is 0 Å². The van der Waals surface area contributed by atoms with Crippen LogP contribution in [0.5, 0.6) is 46.0 Å². The number of nitrogens with one attached hydrogen (secondary N) is 4. The highest BCUT2D eigenvalue weighted by Crippen LogP contribution is 2.52. The van der Waals surface area contributed by atoms with E-state index < -0.39 is 47.8 Å². The molecule has 0 spiro atoms. The number of H-pyrrole nitrogens is 4. The Hall–Kier alpha value is -9.20. The average Bonchev–Trinajstić information content (AvgIpc) is 4.02. The van der Waals surface area contributed by atoms with Gasteiger partial charge in [0, 0.05) is 124 Å². The molecule has 20 heteroatoms. The Morgan fingerprint density at radius 2 is 0.750 bits per heavy atom. The van der Waals surface area contributed by atoms with Crippen molar-refractivity contribution in [2.24, 2.45) is 0 Å². The summed E-state index contributed by atoms with van der Waals surface area (Å²) in [5.41, 5.74) is 2.97. The first-order chi connectivity index (χ1) is 32.2. The lowest BCUT2D eigenvalue weighted by Gasteiger charge is -2.15. The van der Waals surface area contributed by atoms with Gasteiger partial charge in [-0.2, -0.15) is 0 Å². The third kappa shape index (κ3) is 8.92. The average molecular weight is 927 g/mol. The van der Waals surface area contributed by atoms with Crippen molar-refractivity contribution in [3.63, 3.8) is 0 Å². The Morgan fingerprint density at radius 1 is 0.353 bits per heavy atom. The summed E-state index contributed by atoms with van der Waals surface area (Å²) in [4.78, 5) is 113. The van der Waals surface area contributed by atoms with Crippen LogP contribution in [0.3, 0.4) is 0 Å². The zero-order valence-electron chi connectivity index (χ0n) is 37.3. The van der Waals surface area contributed by atoms with Gasteiger partial charge in [-0.25, -0.2) is 0 Å². The minimum atomic E-state index is -0.776. The molecule has 8 rings (SSSR count). The molecule has 4 N–H and O–H groups in total. The van der Waals surface area contributed by atoms with Crippen molar-refractivity contribution in [2.75, 3.05) is 0 Å². The Bertz CT molecular complexity index is 3460. The molecule has 0 saturated carbocycles. The molecule has 0 unspecified atom stereocenters. The minimum Gasteiger partial charge on any atom is -0.423 e. The Morgan fingerprint density at radius 3 is 1.29 bits per heavy atom. The topological polar surface area (TPSA) is 274 Å². The van der Waals surface area contributed by atoms with Crippen molar-refractivity contribution < 1.29 is 76.3 Å². The normalized spacial score (nSPS) is 11.1. The quantitative estimate of drug-likeness (QED) is 0.0706. The summed E-state index contributed by atoms with van der Waals surface area (Å²) in [6, 6.07) is 13.8. The van der Waals surface area contributed by atoms with Gasteiger partial charge < -0.3 is 57.8 Å². The Labute approximate surface area is 382 Å². The molecule has 346 valence electrons. The van der Waals surface area contributed by atoms with Crippen LogP contribution in [-0.4, -0.2) is 67.7 Å². The van der Waals surface area contributed by atoms with E-state index in [1.54, 1.807) is 24.4 Å². The first-order valence-electron chi connectivity index (χ1n) is 20.4. The molecule has 4 aromatic heterocycles. The van der Waals surface area contributed by atoms with E-state index in [-0.39, 0.29) is 68.5 Å². The number of fused-ring (bicyclic) bond motifs is 4. The van der Waals surface area contributed by atoms with Gasteiger partial charge in [0.2, 0.25) is 0 Å². The maximum Gasteiger partial charge on any atom is 0.308 e. The van der Waals surface area contributed by atoms with Crippen LogP contribution in [0, 0.1) is 0 Å². The fraction of sp³-hybridized carbons (Fsp3) is 0.167. The minimum absolute atomic E-state index is 0.0621. The zero-order valence-corrected chi connectivity index (χ0v) is 37.3. The molecule has 0 amide bonds. The highest BCUT2D eigenvalue weighted by molar-refractivity contribution is 6.14. The van der Waals surface area contributed by atoms with Crippen molar-refractivity contribution in [1.29, 1.82) is 0 Å². The highest BCUT2D eigenvalue weighted by Gasteiger charge is 2.30. The number of benzene rings is 4. The summed E-state index contributed by atoms with van der Waals surface area (Å²) in [7, 11) is 0. The van der Waals surface area contributed by atoms with Gasteiger partial charge in [0.25, 0.3) is 0 Å². The highest BCUT2D eigenvalue weighted by atomic mass is 16.6. The molecule has 68 heavy (non-hydrogen) atoms. The second-order valence-corrected chi connectivity index (χ2v) is 15.3. The van der Waals surface area contributed by atoms with E-state index in [0.29, 0.717) is 54.9 Å². The molecule has 20 nitrogen and oxygen atoms in total. The Balaban J connectivity index is 1.51. The van der Waals surface area contributed by atoms with Crippen LogP contribution in [0.4, 0.5) is 0 Å². The van der Waals surface area contributed by atoms with Crippen LogP contribution in [0.15, 0.2) is 60.8 Å². The molecule has 0 aliphatic heterocycles. The van der Waals surface area contributed by atoms with Gasteiger partial charge in [-0.05, 0) is 30.3 Å². The summed E-state index contributed by atoms with van der Waals surface area (Å²) >= 11 is 0. The number of esters is 8. The first-order valence-corrected chi connectivity index (χ1v) is 20.4. The number of hydrogen-bond donors (Lipinski definition) is 4. The summed E-state index contributed by atoms with van der Waals surface area (Å²) in [5, 5.41) is 1.63. The van der Waals surface area contributed by atoms with Crippen LogP contribution in [0.25, 0.3) is 77.4 Å². The number of hydrogen-bond acceptors (Lipinski definition) is 16. The molecule has 0 bridgehead atoms. The Kier molecular flexibility index (Phi) is 11.8. The molecule has 4 aromatic carbocycles. The van der Waals surface area contributed by atoms with E-state index in [4.69, 9.17) is 37.9 Å². The van der Waals surface area contributed by atoms with Crippen molar-refractivity contribution in [3.8, 4) is 79.8 Å². The van der Waals surface area contributed by atoms with Crippen molar-refractivity contribution in [3.05, 3.63) is 60.8 Å². The van der Waals surface area contributed by atoms with Gasteiger partial charge in [0.1, 0.15) is 0 Å². The number of rotatable bonds is 11. The van der Waals surface area contributed by atoms with Crippen LogP contribution in [0.1, 0.15) is 55.4 Å². The smallest absolute Gasteiger partial charge is 0.308 e. The van der Waals surface area contributed by atoms with Crippen LogP contribution >= 0.6 is 0 Å². The van der Waals surface area contributed by atoms with Crippen molar-refractivity contribution >= 4 is 91.4 Å². The molecule has 0 aliphatic rings. The van der Waals surface area contributed by atoms with Gasteiger partial charge in [-0.3, -0.25) is 38.4 Å². The summed E-state index contributed by atoms with van der Waals surface area (Å²) in [6.45, 7) is 9.36. The molecule has 0 saturated heterocycles. The lowest BCUT2D eigenvalue weighted by molar-refractivity contribution is -0.134. The fourth-order valence-corrected chi connectivity index (χ4v) is 7.88. The van der Waals surface area contributed by atoms with Gasteiger partial charge in [0.05, 0.1) is 39.1 Å². The predicted molar refractivity (Wildman–Crippen MR) is 241 cm³/mol. The molecule has 4 heterocycles. The van der Waals surface area contributed by atoms with E-state index in [0.717, 1.165) is 13.8 Å². The zero-order chi connectivity index (χ0) is 48.9. The lowest BCUT2D eigenvalue weighted by atomic mass is 9.97. The molecule has 0 fully saturated rings. The van der Waals surface area contributed by atoms with E-state index in [9.17, 15) is 38.4 Å². The van der Waals surface area contributed by atoms with Gasteiger partial charge in [-0.15, -0.1) is 0 Å². The molecule has 8 aromatic rings.